The summed E-state index contributed by atoms with van der Waals surface area (Å²) < 4.78 is 13.2. The molecule has 0 aliphatic carbocycles. The Hall–Kier alpha value is -1.62. The third-order valence-corrected chi connectivity index (χ3v) is 2.67. The summed E-state index contributed by atoms with van der Waals surface area (Å²) in [5.41, 5.74) is 1.73. The van der Waals surface area contributed by atoms with Crippen LogP contribution in [0.15, 0.2) is 30.2 Å². The summed E-state index contributed by atoms with van der Waals surface area (Å²) in [5.74, 6) is -0.828. The lowest BCUT2D eigenvalue weighted by molar-refractivity contribution is 0.0989. The Labute approximate surface area is 89.6 Å². The fourth-order valence-electron chi connectivity index (χ4n) is 1.18. The van der Waals surface area contributed by atoms with Crippen molar-refractivity contribution in [3.8, 4) is 0 Å². The first-order chi connectivity index (χ1) is 7.27. The number of carbonyl (C=O) groups is 1. The predicted molar refractivity (Wildman–Crippen MR) is 54.3 cm³/mol. The number of nitrogens with zero attached hydrogens (tertiary/aromatic N) is 2. The summed E-state index contributed by atoms with van der Waals surface area (Å²) in [6.45, 7) is 0. The van der Waals surface area contributed by atoms with Gasteiger partial charge in [-0.15, -0.1) is 11.3 Å². The third-order valence-electron chi connectivity index (χ3n) is 1.89. The largest absolute Gasteiger partial charge is 0.294 e. The SMILES string of the molecule is O=C(Cc1cncs1)c1ccncc1F. The molecule has 0 unspecified atom stereocenters. The molecule has 2 rings (SSSR count). The molecule has 0 aromatic carbocycles. The molecule has 0 aliphatic rings. The minimum atomic E-state index is -0.577. The van der Waals surface area contributed by atoms with Gasteiger partial charge < -0.3 is 0 Å². The van der Waals surface area contributed by atoms with Crippen LogP contribution in [-0.4, -0.2) is 15.8 Å². The maximum atomic E-state index is 13.2. The molecule has 2 heterocycles. The average Bonchev–Trinajstić information content (AvgIpc) is 2.71. The van der Waals surface area contributed by atoms with Crippen LogP contribution >= 0.6 is 11.3 Å². The van der Waals surface area contributed by atoms with Crippen LogP contribution < -0.4 is 0 Å². The summed E-state index contributed by atoms with van der Waals surface area (Å²) in [4.78, 5) is 19.9. The number of hydrogen-bond acceptors (Lipinski definition) is 4. The van der Waals surface area contributed by atoms with E-state index >= 15 is 0 Å². The van der Waals surface area contributed by atoms with Gasteiger partial charge in [0.1, 0.15) is 0 Å². The fraction of sp³-hybridized carbons (Fsp3) is 0.100. The number of thiazole rings is 1. The van der Waals surface area contributed by atoms with Crippen LogP contribution in [0.3, 0.4) is 0 Å². The molecule has 2 aromatic rings. The number of ketones is 1. The van der Waals surface area contributed by atoms with Crippen LogP contribution in [0.5, 0.6) is 0 Å². The number of hydrogen-bond donors (Lipinski definition) is 0. The Kier molecular flexibility index (Phi) is 2.82. The van der Waals surface area contributed by atoms with Crippen molar-refractivity contribution in [2.75, 3.05) is 0 Å². The van der Waals surface area contributed by atoms with E-state index in [1.165, 1.54) is 23.6 Å². The number of Topliss-reactive ketones (excluding diaryl/α,β-unsaturated/α-hetero) is 1. The molecule has 0 saturated heterocycles. The second-order valence-electron chi connectivity index (χ2n) is 2.92. The summed E-state index contributed by atoms with van der Waals surface area (Å²) >= 11 is 1.38. The molecule has 0 fully saturated rings. The molecule has 0 radical (unpaired) electrons. The predicted octanol–water partition coefficient (Wildman–Crippen LogP) is 2.10. The van der Waals surface area contributed by atoms with E-state index in [1.54, 1.807) is 11.7 Å². The van der Waals surface area contributed by atoms with Gasteiger partial charge in [-0.3, -0.25) is 14.8 Å². The molecule has 0 N–H and O–H groups in total. The highest BCUT2D eigenvalue weighted by Crippen LogP contribution is 2.12. The molecular formula is C10H7FN2OS. The fourth-order valence-corrected chi connectivity index (χ4v) is 1.78. The van der Waals surface area contributed by atoms with Crippen LogP contribution in [0.2, 0.25) is 0 Å². The van der Waals surface area contributed by atoms with E-state index in [4.69, 9.17) is 0 Å². The van der Waals surface area contributed by atoms with E-state index in [0.717, 1.165) is 11.1 Å². The highest BCUT2D eigenvalue weighted by Gasteiger charge is 2.12. The molecule has 76 valence electrons. The van der Waals surface area contributed by atoms with Crippen molar-refractivity contribution in [3.05, 3.63) is 46.4 Å². The van der Waals surface area contributed by atoms with Gasteiger partial charge in [0, 0.05) is 23.7 Å². The first-order valence-electron chi connectivity index (χ1n) is 4.27. The van der Waals surface area contributed by atoms with Gasteiger partial charge in [0.25, 0.3) is 0 Å². The topological polar surface area (TPSA) is 42.9 Å². The van der Waals surface area contributed by atoms with Gasteiger partial charge in [-0.25, -0.2) is 4.39 Å². The number of rotatable bonds is 3. The highest BCUT2D eigenvalue weighted by atomic mass is 32.1. The van der Waals surface area contributed by atoms with Gasteiger partial charge >= 0.3 is 0 Å². The smallest absolute Gasteiger partial charge is 0.171 e. The van der Waals surface area contributed by atoms with E-state index < -0.39 is 5.82 Å². The van der Waals surface area contributed by atoms with Crippen LogP contribution in [0, 0.1) is 5.82 Å². The summed E-state index contributed by atoms with van der Waals surface area (Å²) in [5, 5.41) is 0. The molecule has 0 spiro atoms. The standard InChI is InChI=1S/C10H7FN2OS/c11-9-5-12-2-1-8(9)10(14)3-7-4-13-6-15-7/h1-2,4-6H,3H2. The van der Waals surface area contributed by atoms with Gasteiger partial charge in [0.05, 0.1) is 17.3 Å². The molecule has 0 atom stereocenters. The maximum Gasteiger partial charge on any atom is 0.171 e. The van der Waals surface area contributed by atoms with Crippen molar-refractivity contribution >= 4 is 17.1 Å². The Balaban J connectivity index is 2.19. The first-order valence-corrected chi connectivity index (χ1v) is 5.15. The van der Waals surface area contributed by atoms with Crippen LogP contribution in [0.4, 0.5) is 4.39 Å². The zero-order chi connectivity index (χ0) is 10.7. The van der Waals surface area contributed by atoms with E-state index in [-0.39, 0.29) is 17.8 Å². The molecule has 0 bridgehead atoms. The number of carbonyl (C=O) groups excluding carboxylic acids is 1. The lowest BCUT2D eigenvalue weighted by Gasteiger charge is -1.99. The summed E-state index contributed by atoms with van der Waals surface area (Å²) in [6.07, 6.45) is 4.25. The van der Waals surface area contributed by atoms with Gasteiger partial charge in [0.2, 0.25) is 0 Å². The molecule has 5 heteroatoms. The monoisotopic (exact) mass is 222 g/mol. The Morgan fingerprint density at radius 3 is 2.93 bits per heavy atom. The van der Waals surface area contributed by atoms with Crippen molar-refractivity contribution in [2.24, 2.45) is 0 Å². The van der Waals surface area contributed by atoms with Gasteiger partial charge in [0.15, 0.2) is 11.6 Å². The lowest BCUT2D eigenvalue weighted by Crippen LogP contribution is -2.05. The lowest BCUT2D eigenvalue weighted by atomic mass is 10.1. The molecule has 3 nitrogen and oxygen atoms in total. The van der Waals surface area contributed by atoms with Crippen LogP contribution in [-0.2, 0) is 6.42 Å². The quantitative estimate of drug-likeness (QED) is 0.747. The second kappa shape index (κ2) is 4.27. The molecule has 15 heavy (non-hydrogen) atoms. The van der Waals surface area contributed by atoms with Gasteiger partial charge in [-0.2, -0.15) is 0 Å². The molecule has 0 saturated carbocycles. The molecule has 2 aromatic heterocycles. The second-order valence-corrected chi connectivity index (χ2v) is 3.89. The number of pyridine rings is 1. The van der Waals surface area contributed by atoms with E-state index in [2.05, 4.69) is 9.97 Å². The van der Waals surface area contributed by atoms with E-state index in [1.807, 2.05) is 0 Å². The van der Waals surface area contributed by atoms with Crippen molar-refractivity contribution in [2.45, 2.75) is 6.42 Å². The number of halogens is 1. The van der Waals surface area contributed by atoms with Gasteiger partial charge in [-0.05, 0) is 6.07 Å². The molecule has 0 amide bonds. The molecule has 0 aliphatic heterocycles. The van der Waals surface area contributed by atoms with Crippen molar-refractivity contribution in [1.82, 2.24) is 9.97 Å². The minimum absolute atomic E-state index is 0.0819. The Morgan fingerprint density at radius 1 is 1.40 bits per heavy atom. The average molecular weight is 222 g/mol. The third kappa shape index (κ3) is 2.24. The summed E-state index contributed by atoms with van der Waals surface area (Å²) in [6, 6.07) is 1.39. The van der Waals surface area contributed by atoms with Crippen LogP contribution in [0.1, 0.15) is 15.2 Å². The number of aromatic nitrogens is 2. The van der Waals surface area contributed by atoms with E-state index in [9.17, 15) is 9.18 Å². The minimum Gasteiger partial charge on any atom is -0.294 e. The maximum absolute atomic E-state index is 13.2. The highest BCUT2D eigenvalue weighted by molar-refractivity contribution is 7.09. The zero-order valence-electron chi connectivity index (χ0n) is 7.68. The van der Waals surface area contributed by atoms with Crippen molar-refractivity contribution in [3.63, 3.8) is 0 Å². The molecular weight excluding hydrogens is 215 g/mol. The van der Waals surface area contributed by atoms with Gasteiger partial charge in [-0.1, -0.05) is 0 Å². The first kappa shape index (κ1) is 9.92. The van der Waals surface area contributed by atoms with Crippen LogP contribution in [0.25, 0.3) is 0 Å². The van der Waals surface area contributed by atoms with E-state index in [0.29, 0.717) is 0 Å². The normalized spacial score (nSPS) is 10.2. The Bertz CT molecular complexity index is 470. The van der Waals surface area contributed by atoms with Crippen molar-refractivity contribution < 1.29 is 9.18 Å². The van der Waals surface area contributed by atoms with Crippen molar-refractivity contribution in [1.29, 1.82) is 0 Å². The zero-order valence-corrected chi connectivity index (χ0v) is 8.50. The summed E-state index contributed by atoms with van der Waals surface area (Å²) in [7, 11) is 0. The Morgan fingerprint density at radius 2 is 2.27 bits per heavy atom.